The number of nitrogens with zero attached hydrogens (tertiary/aromatic N) is 4. The zero-order valence-corrected chi connectivity index (χ0v) is 15.1. The van der Waals surface area contributed by atoms with Crippen molar-refractivity contribution in [1.29, 1.82) is 0 Å². The molecule has 3 rings (SSSR count). The van der Waals surface area contributed by atoms with Crippen LogP contribution in [0.25, 0.3) is 10.9 Å². The molecule has 0 saturated heterocycles. The van der Waals surface area contributed by atoms with Crippen LogP contribution in [0.1, 0.15) is 25.8 Å². The first-order chi connectivity index (χ1) is 12.3. The molecule has 5 nitrogen and oxygen atoms in total. The predicted octanol–water partition coefficient (Wildman–Crippen LogP) is 3.59. The molecule has 0 spiro atoms. The third-order valence-corrected chi connectivity index (χ3v) is 4.43. The number of rotatable bonds is 9. The van der Waals surface area contributed by atoms with Crippen molar-refractivity contribution in [1.82, 2.24) is 19.7 Å². The summed E-state index contributed by atoms with van der Waals surface area (Å²) in [5, 5.41) is 5.76. The fourth-order valence-electron chi connectivity index (χ4n) is 2.99. The van der Waals surface area contributed by atoms with Crippen molar-refractivity contribution in [3.63, 3.8) is 0 Å². The number of fused-ring (bicyclic) bond motifs is 1. The van der Waals surface area contributed by atoms with Crippen LogP contribution >= 0.6 is 0 Å². The SMILES string of the molecule is CCN(CC)CCCOc1nn(Cc2cccnc2)c2ccccc12. The van der Waals surface area contributed by atoms with Gasteiger partial charge in [0, 0.05) is 18.9 Å². The lowest BCUT2D eigenvalue weighted by atomic mass is 10.2. The molecule has 5 heteroatoms. The van der Waals surface area contributed by atoms with Crippen LogP contribution in [0.3, 0.4) is 0 Å². The second-order valence-electron chi connectivity index (χ2n) is 6.07. The van der Waals surface area contributed by atoms with E-state index in [0.29, 0.717) is 13.2 Å². The van der Waals surface area contributed by atoms with Gasteiger partial charge in [-0.15, -0.1) is 5.10 Å². The minimum Gasteiger partial charge on any atom is -0.476 e. The summed E-state index contributed by atoms with van der Waals surface area (Å²) in [5.41, 5.74) is 2.22. The molecule has 0 N–H and O–H groups in total. The van der Waals surface area contributed by atoms with Crippen molar-refractivity contribution >= 4 is 10.9 Å². The first-order valence-electron chi connectivity index (χ1n) is 9.01. The van der Waals surface area contributed by atoms with Crippen LogP contribution in [0.2, 0.25) is 0 Å². The summed E-state index contributed by atoms with van der Waals surface area (Å²) in [6.45, 7) is 8.98. The molecule has 0 aliphatic heterocycles. The topological polar surface area (TPSA) is 43.2 Å². The maximum atomic E-state index is 6.00. The third kappa shape index (κ3) is 4.37. The zero-order valence-electron chi connectivity index (χ0n) is 15.1. The standard InChI is InChI=1S/C20H26N4O/c1-3-23(4-2)13-8-14-25-20-18-10-5-6-11-19(18)24(22-20)16-17-9-7-12-21-15-17/h5-7,9-12,15H,3-4,8,13-14,16H2,1-2H3. The van der Waals surface area contributed by atoms with Crippen LogP contribution in [0, 0.1) is 0 Å². The Morgan fingerprint density at radius 1 is 1.08 bits per heavy atom. The Kier molecular flexibility index (Phi) is 6.01. The van der Waals surface area contributed by atoms with Crippen LogP contribution < -0.4 is 4.74 Å². The van der Waals surface area contributed by atoms with Crippen LogP contribution in [-0.2, 0) is 6.54 Å². The second-order valence-corrected chi connectivity index (χ2v) is 6.07. The Labute approximate surface area is 149 Å². The number of hydrogen-bond acceptors (Lipinski definition) is 4. The summed E-state index contributed by atoms with van der Waals surface area (Å²) in [4.78, 5) is 6.59. The molecular formula is C20H26N4O. The molecular weight excluding hydrogens is 312 g/mol. The van der Waals surface area contributed by atoms with E-state index in [1.54, 1.807) is 6.20 Å². The molecule has 132 valence electrons. The smallest absolute Gasteiger partial charge is 0.240 e. The summed E-state index contributed by atoms with van der Waals surface area (Å²) in [5.74, 6) is 0.721. The van der Waals surface area contributed by atoms with E-state index in [9.17, 15) is 0 Å². The number of aromatic nitrogens is 3. The molecule has 0 saturated carbocycles. The van der Waals surface area contributed by atoms with Gasteiger partial charge < -0.3 is 9.64 Å². The Hall–Kier alpha value is -2.40. The summed E-state index contributed by atoms with van der Waals surface area (Å²) in [7, 11) is 0. The monoisotopic (exact) mass is 338 g/mol. The van der Waals surface area contributed by atoms with E-state index < -0.39 is 0 Å². The molecule has 25 heavy (non-hydrogen) atoms. The van der Waals surface area contributed by atoms with Crippen molar-refractivity contribution in [2.45, 2.75) is 26.8 Å². The molecule has 0 bridgehead atoms. The number of ether oxygens (including phenoxy) is 1. The molecule has 3 aromatic rings. The second kappa shape index (κ2) is 8.62. The highest BCUT2D eigenvalue weighted by atomic mass is 16.5. The summed E-state index contributed by atoms with van der Waals surface area (Å²) < 4.78 is 7.99. The number of hydrogen-bond donors (Lipinski definition) is 0. The molecule has 0 aliphatic carbocycles. The van der Waals surface area contributed by atoms with Crippen molar-refractivity contribution < 1.29 is 4.74 Å². The number of pyridine rings is 1. The van der Waals surface area contributed by atoms with Crippen molar-refractivity contribution in [2.24, 2.45) is 0 Å². The molecule has 0 amide bonds. The highest BCUT2D eigenvalue weighted by molar-refractivity contribution is 5.84. The fourth-order valence-corrected chi connectivity index (χ4v) is 2.99. The molecule has 0 atom stereocenters. The van der Waals surface area contributed by atoms with Gasteiger partial charge in [-0.1, -0.05) is 32.0 Å². The Balaban J connectivity index is 1.71. The summed E-state index contributed by atoms with van der Waals surface area (Å²) >= 11 is 0. The van der Waals surface area contributed by atoms with Gasteiger partial charge in [0.2, 0.25) is 5.88 Å². The van der Waals surface area contributed by atoms with Gasteiger partial charge in [-0.05, 0) is 43.3 Å². The molecule has 1 aromatic carbocycles. The maximum absolute atomic E-state index is 6.00. The van der Waals surface area contributed by atoms with E-state index in [2.05, 4.69) is 41.9 Å². The minimum atomic E-state index is 0.685. The Morgan fingerprint density at radius 3 is 2.68 bits per heavy atom. The highest BCUT2D eigenvalue weighted by Gasteiger charge is 2.11. The van der Waals surface area contributed by atoms with Gasteiger partial charge in [0.05, 0.1) is 24.1 Å². The van der Waals surface area contributed by atoms with Gasteiger partial charge in [-0.3, -0.25) is 9.67 Å². The number of benzene rings is 1. The molecule has 0 aliphatic rings. The van der Waals surface area contributed by atoms with Gasteiger partial charge in [-0.2, -0.15) is 0 Å². The molecule has 2 heterocycles. The lowest BCUT2D eigenvalue weighted by Crippen LogP contribution is -2.25. The average Bonchev–Trinajstić information content (AvgIpc) is 3.01. The van der Waals surface area contributed by atoms with E-state index in [0.717, 1.165) is 48.4 Å². The van der Waals surface area contributed by atoms with E-state index in [4.69, 9.17) is 9.84 Å². The molecule has 0 fully saturated rings. The van der Waals surface area contributed by atoms with Gasteiger partial charge >= 0.3 is 0 Å². The Morgan fingerprint density at radius 2 is 1.92 bits per heavy atom. The predicted molar refractivity (Wildman–Crippen MR) is 101 cm³/mol. The van der Waals surface area contributed by atoms with E-state index in [-0.39, 0.29) is 0 Å². The van der Waals surface area contributed by atoms with Crippen LogP contribution in [0.15, 0.2) is 48.8 Å². The lowest BCUT2D eigenvalue weighted by molar-refractivity contribution is 0.244. The quantitative estimate of drug-likeness (QED) is 0.559. The molecule has 0 radical (unpaired) electrons. The third-order valence-electron chi connectivity index (χ3n) is 4.43. The van der Waals surface area contributed by atoms with Gasteiger partial charge in [0.15, 0.2) is 0 Å². The Bertz CT molecular complexity index is 781. The van der Waals surface area contributed by atoms with Gasteiger partial charge in [0.25, 0.3) is 0 Å². The minimum absolute atomic E-state index is 0.685. The number of para-hydroxylation sites is 1. The van der Waals surface area contributed by atoms with Gasteiger partial charge in [-0.25, -0.2) is 0 Å². The first kappa shape index (κ1) is 17.4. The van der Waals surface area contributed by atoms with Crippen molar-refractivity contribution in [2.75, 3.05) is 26.2 Å². The van der Waals surface area contributed by atoms with E-state index in [1.807, 2.05) is 29.1 Å². The maximum Gasteiger partial charge on any atom is 0.240 e. The largest absolute Gasteiger partial charge is 0.476 e. The van der Waals surface area contributed by atoms with Crippen LogP contribution in [0.5, 0.6) is 5.88 Å². The lowest BCUT2D eigenvalue weighted by Gasteiger charge is -2.17. The van der Waals surface area contributed by atoms with Crippen molar-refractivity contribution in [3.8, 4) is 5.88 Å². The van der Waals surface area contributed by atoms with Gasteiger partial charge in [0.1, 0.15) is 0 Å². The van der Waals surface area contributed by atoms with E-state index >= 15 is 0 Å². The summed E-state index contributed by atoms with van der Waals surface area (Å²) in [6, 6.07) is 12.2. The normalized spacial score (nSPS) is 11.3. The molecule has 0 unspecified atom stereocenters. The van der Waals surface area contributed by atoms with E-state index in [1.165, 1.54) is 0 Å². The highest BCUT2D eigenvalue weighted by Crippen LogP contribution is 2.25. The average molecular weight is 338 g/mol. The van der Waals surface area contributed by atoms with Crippen molar-refractivity contribution in [3.05, 3.63) is 54.4 Å². The van der Waals surface area contributed by atoms with Crippen LogP contribution in [0.4, 0.5) is 0 Å². The first-order valence-corrected chi connectivity index (χ1v) is 9.01. The van der Waals surface area contributed by atoms with Crippen LogP contribution in [-0.4, -0.2) is 45.9 Å². The zero-order chi connectivity index (χ0) is 17.5. The fraction of sp³-hybridized carbons (Fsp3) is 0.400. The summed E-state index contributed by atoms with van der Waals surface area (Å²) in [6.07, 6.45) is 4.67. The molecule has 2 aromatic heterocycles.